The van der Waals surface area contributed by atoms with Crippen LogP contribution in [0, 0.1) is 0 Å². The van der Waals surface area contributed by atoms with E-state index < -0.39 is 0 Å². The minimum absolute atomic E-state index is 0.258. The van der Waals surface area contributed by atoms with E-state index in [1.54, 1.807) is 24.3 Å². The number of anilines is 1. The fourth-order valence-corrected chi connectivity index (χ4v) is 3.65. The van der Waals surface area contributed by atoms with Crippen molar-refractivity contribution in [3.05, 3.63) is 70.4 Å². The van der Waals surface area contributed by atoms with Gasteiger partial charge in [-0.1, -0.05) is 41.9 Å². The molecule has 2 aromatic rings. The number of benzene rings is 2. The first kappa shape index (κ1) is 15.9. The van der Waals surface area contributed by atoms with Crippen molar-refractivity contribution >= 4 is 34.7 Å². The Morgan fingerprint density at radius 2 is 1.68 bits per heavy atom. The van der Waals surface area contributed by atoms with Gasteiger partial charge in [0.05, 0.1) is 5.57 Å². The summed E-state index contributed by atoms with van der Waals surface area (Å²) >= 11 is 5.98. The first-order chi connectivity index (χ1) is 12.1. The molecule has 0 aromatic heterocycles. The van der Waals surface area contributed by atoms with Gasteiger partial charge >= 0.3 is 0 Å². The lowest BCUT2D eigenvalue weighted by Gasteiger charge is -2.31. The predicted octanol–water partition coefficient (Wildman–Crippen LogP) is 3.50. The second-order valence-corrected chi connectivity index (χ2v) is 6.72. The van der Waals surface area contributed by atoms with E-state index in [1.165, 1.54) is 17.5 Å². The Bertz CT molecular complexity index is 902. The molecule has 2 aliphatic rings. The van der Waals surface area contributed by atoms with Crippen LogP contribution in [0.15, 0.2) is 54.2 Å². The van der Waals surface area contributed by atoms with Crippen molar-refractivity contribution in [3.8, 4) is 0 Å². The Kier molecular flexibility index (Phi) is 3.85. The summed E-state index contributed by atoms with van der Waals surface area (Å²) in [6.45, 7) is 0.719. The summed E-state index contributed by atoms with van der Waals surface area (Å²) in [6.07, 6.45) is 1.92. The highest BCUT2D eigenvalue weighted by Gasteiger charge is 2.40. The van der Waals surface area contributed by atoms with Gasteiger partial charge in [0.15, 0.2) is 0 Å². The van der Waals surface area contributed by atoms with Gasteiger partial charge in [-0.3, -0.25) is 14.5 Å². The number of fused-ring (bicyclic) bond motifs is 1. The van der Waals surface area contributed by atoms with E-state index in [4.69, 9.17) is 11.6 Å². The fraction of sp³-hybridized carbons (Fsp3) is 0.200. The molecule has 25 heavy (non-hydrogen) atoms. The first-order valence-corrected chi connectivity index (χ1v) is 8.64. The standard InChI is InChI=1S/C20H17ClN2O2/c1-22-19(24)17(14-8-10-15(21)11-9-14)18(20(22)25)23-12-4-6-13-5-2-3-7-16(13)23/h2-3,5,7-11H,4,6,12H2,1H3. The van der Waals surface area contributed by atoms with Gasteiger partial charge < -0.3 is 4.90 Å². The van der Waals surface area contributed by atoms with Crippen LogP contribution in [0.3, 0.4) is 0 Å². The van der Waals surface area contributed by atoms with Gasteiger partial charge in [-0.05, 0) is 42.2 Å². The van der Waals surface area contributed by atoms with Crippen LogP contribution in [-0.2, 0) is 16.0 Å². The third-order valence-electron chi connectivity index (χ3n) is 4.78. The highest BCUT2D eigenvalue weighted by molar-refractivity contribution is 6.37. The van der Waals surface area contributed by atoms with E-state index in [9.17, 15) is 9.59 Å². The third-order valence-corrected chi connectivity index (χ3v) is 5.03. The molecule has 0 N–H and O–H groups in total. The number of nitrogens with zero attached hydrogens (tertiary/aromatic N) is 2. The maximum atomic E-state index is 12.9. The SMILES string of the molecule is CN1C(=O)C(c2ccc(Cl)cc2)=C(N2CCCc3ccccc32)C1=O. The highest BCUT2D eigenvalue weighted by Crippen LogP contribution is 2.37. The van der Waals surface area contributed by atoms with Gasteiger partial charge in [-0.25, -0.2) is 0 Å². The average Bonchev–Trinajstić information content (AvgIpc) is 2.86. The van der Waals surface area contributed by atoms with Crippen LogP contribution in [0.5, 0.6) is 0 Å². The number of aryl methyl sites for hydroxylation is 1. The number of carbonyl (C=O) groups is 2. The third kappa shape index (κ3) is 2.53. The zero-order valence-corrected chi connectivity index (χ0v) is 14.6. The number of amides is 2. The van der Waals surface area contributed by atoms with Crippen LogP contribution in [-0.4, -0.2) is 30.3 Å². The van der Waals surface area contributed by atoms with E-state index in [1.807, 2.05) is 23.1 Å². The van der Waals surface area contributed by atoms with Crippen LogP contribution in [0.25, 0.3) is 5.57 Å². The van der Waals surface area contributed by atoms with Crippen LogP contribution in [0.1, 0.15) is 17.5 Å². The quantitative estimate of drug-likeness (QED) is 0.777. The molecule has 0 atom stereocenters. The van der Waals surface area contributed by atoms with Gasteiger partial charge in [0.1, 0.15) is 5.70 Å². The zero-order valence-electron chi connectivity index (χ0n) is 13.8. The number of imide groups is 1. The minimum Gasteiger partial charge on any atom is -0.336 e. The monoisotopic (exact) mass is 352 g/mol. The molecule has 5 heteroatoms. The number of para-hydroxylation sites is 1. The molecule has 0 saturated heterocycles. The number of likely N-dealkylation sites (N-methyl/N-ethyl adjacent to an activating group) is 1. The summed E-state index contributed by atoms with van der Waals surface area (Å²) in [4.78, 5) is 28.8. The van der Waals surface area contributed by atoms with Crippen LogP contribution >= 0.6 is 11.6 Å². The molecule has 4 nitrogen and oxygen atoms in total. The van der Waals surface area contributed by atoms with E-state index in [0.717, 1.165) is 25.1 Å². The summed E-state index contributed by atoms with van der Waals surface area (Å²) in [5.41, 5.74) is 3.83. The number of halogens is 1. The van der Waals surface area contributed by atoms with Gasteiger partial charge in [-0.2, -0.15) is 0 Å². The molecule has 0 saturated carbocycles. The van der Waals surface area contributed by atoms with Crippen LogP contribution in [0.4, 0.5) is 5.69 Å². The van der Waals surface area contributed by atoms with E-state index in [-0.39, 0.29) is 11.8 Å². The second kappa shape index (κ2) is 6.05. The fourth-order valence-electron chi connectivity index (χ4n) is 3.52. The number of hydrogen-bond acceptors (Lipinski definition) is 3. The van der Waals surface area contributed by atoms with Crippen molar-refractivity contribution in [2.75, 3.05) is 18.5 Å². The van der Waals surface area contributed by atoms with Crippen LogP contribution < -0.4 is 4.90 Å². The summed E-state index contributed by atoms with van der Waals surface area (Å²) in [7, 11) is 1.53. The molecule has 4 rings (SSSR count). The van der Waals surface area contributed by atoms with Crippen molar-refractivity contribution in [1.82, 2.24) is 4.90 Å². The second-order valence-electron chi connectivity index (χ2n) is 6.28. The molecule has 0 aliphatic carbocycles. The van der Waals surface area contributed by atoms with Gasteiger partial charge in [0, 0.05) is 24.3 Å². The maximum Gasteiger partial charge on any atom is 0.277 e. The molecule has 0 spiro atoms. The van der Waals surface area contributed by atoms with Gasteiger partial charge in [-0.15, -0.1) is 0 Å². The van der Waals surface area contributed by atoms with Gasteiger partial charge in [0.25, 0.3) is 11.8 Å². The number of rotatable bonds is 2. The van der Waals surface area contributed by atoms with Crippen molar-refractivity contribution in [2.24, 2.45) is 0 Å². The lowest BCUT2D eigenvalue weighted by atomic mass is 9.98. The Morgan fingerprint density at radius 1 is 0.960 bits per heavy atom. The molecule has 0 fully saturated rings. The molecule has 0 unspecified atom stereocenters. The molecule has 0 bridgehead atoms. The van der Waals surface area contributed by atoms with E-state index >= 15 is 0 Å². The smallest absolute Gasteiger partial charge is 0.277 e. The van der Waals surface area contributed by atoms with Gasteiger partial charge in [0.2, 0.25) is 0 Å². The molecular weight excluding hydrogens is 336 g/mol. The normalized spacial score (nSPS) is 17.4. The highest BCUT2D eigenvalue weighted by atomic mass is 35.5. The molecule has 2 aromatic carbocycles. The Hall–Kier alpha value is -2.59. The lowest BCUT2D eigenvalue weighted by molar-refractivity contribution is -0.135. The predicted molar refractivity (Wildman–Crippen MR) is 98.3 cm³/mol. The summed E-state index contributed by atoms with van der Waals surface area (Å²) in [5, 5.41) is 0.597. The number of carbonyl (C=O) groups excluding carboxylic acids is 2. The minimum atomic E-state index is -0.273. The first-order valence-electron chi connectivity index (χ1n) is 8.26. The van der Waals surface area contributed by atoms with Crippen molar-refractivity contribution in [3.63, 3.8) is 0 Å². The molecule has 0 radical (unpaired) electrons. The molecule has 2 heterocycles. The molecule has 126 valence electrons. The topological polar surface area (TPSA) is 40.6 Å². The molecule has 2 amide bonds. The summed E-state index contributed by atoms with van der Waals surface area (Å²) in [6, 6.07) is 15.1. The Labute approximate surface area is 151 Å². The van der Waals surface area contributed by atoms with Crippen molar-refractivity contribution in [1.29, 1.82) is 0 Å². The van der Waals surface area contributed by atoms with E-state index in [0.29, 0.717) is 21.9 Å². The Balaban J connectivity index is 1.91. The maximum absolute atomic E-state index is 12.9. The average molecular weight is 353 g/mol. The summed E-state index contributed by atoms with van der Waals surface area (Å²) < 4.78 is 0. The zero-order chi connectivity index (χ0) is 17.6. The van der Waals surface area contributed by atoms with Crippen molar-refractivity contribution < 1.29 is 9.59 Å². The molecular formula is C20H17ClN2O2. The summed E-state index contributed by atoms with van der Waals surface area (Å²) in [5.74, 6) is -0.531. The number of hydrogen-bond donors (Lipinski definition) is 0. The van der Waals surface area contributed by atoms with Crippen LogP contribution in [0.2, 0.25) is 5.02 Å². The van der Waals surface area contributed by atoms with E-state index in [2.05, 4.69) is 6.07 Å². The van der Waals surface area contributed by atoms with Crippen molar-refractivity contribution in [2.45, 2.75) is 12.8 Å². The molecule has 2 aliphatic heterocycles. The Morgan fingerprint density at radius 3 is 2.44 bits per heavy atom. The lowest BCUT2D eigenvalue weighted by Crippen LogP contribution is -2.35. The largest absolute Gasteiger partial charge is 0.336 e.